The molecule has 2 atom stereocenters. The summed E-state index contributed by atoms with van der Waals surface area (Å²) in [4.78, 5) is 22.8. The maximum absolute atomic E-state index is 13.4. The maximum Gasteiger partial charge on any atom is 0.264 e. The maximum atomic E-state index is 13.4. The molecule has 1 saturated heterocycles. The van der Waals surface area contributed by atoms with Crippen molar-refractivity contribution in [1.82, 2.24) is 24.6 Å². The average molecular weight is 488 g/mol. The van der Waals surface area contributed by atoms with Crippen LogP contribution in [0.25, 0.3) is 11.6 Å². The monoisotopic (exact) mass is 487 g/mol. The van der Waals surface area contributed by atoms with E-state index in [0.29, 0.717) is 16.7 Å². The summed E-state index contributed by atoms with van der Waals surface area (Å²) in [5.41, 5.74) is 1.14. The van der Waals surface area contributed by atoms with Gasteiger partial charge in [-0.2, -0.15) is 9.67 Å². The van der Waals surface area contributed by atoms with E-state index in [-0.39, 0.29) is 17.2 Å². The van der Waals surface area contributed by atoms with Gasteiger partial charge in [-0.3, -0.25) is 9.69 Å². The molecule has 0 saturated carbocycles. The molecule has 156 valence electrons. The lowest BCUT2D eigenvalue weighted by Gasteiger charge is -2.40. The highest BCUT2D eigenvalue weighted by Gasteiger charge is 2.43. The number of fused-ring (bicyclic) bond motifs is 1. The van der Waals surface area contributed by atoms with Gasteiger partial charge < -0.3 is 9.32 Å². The molecule has 4 heterocycles. The normalized spacial score (nSPS) is 21.1. The molecule has 0 amide bonds. The van der Waals surface area contributed by atoms with Crippen LogP contribution in [0.1, 0.15) is 23.3 Å². The summed E-state index contributed by atoms with van der Waals surface area (Å²) in [6, 6.07) is 11.9. The molecule has 0 aliphatic carbocycles. The lowest BCUT2D eigenvalue weighted by atomic mass is 10.00. The first-order valence-electron chi connectivity index (χ1n) is 10.1. The van der Waals surface area contributed by atoms with E-state index in [2.05, 4.69) is 54.9 Å². The van der Waals surface area contributed by atoms with Crippen LogP contribution in [0.4, 0.5) is 0 Å². The Morgan fingerprint density at radius 2 is 1.97 bits per heavy atom. The second kappa shape index (κ2) is 8.30. The number of thioether (sulfide) groups is 1. The fraction of sp³-hybridized carbons (Fsp3) is 0.381. The van der Waals surface area contributed by atoms with Crippen molar-refractivity contribution >= 4 is 33.6 Å². The highest BCUT2D eigenvalue weighted by molar-refractivity contribution is 9.10. The summed E-state index contributed by atoms with van der Waals surface area (Å²) in [6.45, 7) is 7.15. The Morgan fingerprint density at radius 1 is 1.20 bits per heavy atom. The molecule has 2 aromatic heterocycles. The lowest BCUT2D eigenvalue weighted by Crippen LogP contribution is -2.50. The molecule has 0 bridgehead atoms. The predicted octanol–water partition coefficient (Wildman–Crippen LogP) is 3.79. The fourth-order valence-electron chi connectivity index (χ4n) is 4.11. The molecule has 1 aromatic carbocycles. The highest BCUT2D eigenvalue weighted by Crippen LogP contribution is 2.42. The Balaban J connectivity index is 1.44. The number of hydrogen-bond acceptors (Lipinski definition) is 7. The van der Waals surface area contributed by atoms with Gasteiger partial charge in [0.1, 0.15) is 5.25 Å². The number of piperazine rings is 1. The quantitative estimate of drug-likeness (QED) is 0.542. The highest BCUT2D eigenvalue weighted by atomic mass is 79.9. The molecular weight excluding hydrogens is 466 g/mol. The van der Waals surface area contributed by atoms with Crippen LogP contribution in [0.15, 0.2) is 56.7 Å². The Bertz CT molecular complexity index is 1030. The van der Waals surface area contributed by atoms with Crippen molar-refractivity contribution in [3.8, 4) is 11.6 Å². The summed E-state index contributed by atoms with van der Waals surface area (Å²) in [5.74, 6) is 0.999. The molecule has 30 heavy (non-hydrogen) atoms. The van der Waals surface area contributed by atoms with E-state index < -0.39 is 0 Å². The van der Waals surface area contributed by atoms with Gasteiger partial charge in [0.05, 0.1) is 12.3 Å². The number of benzene rings is 1. The van der Waals surface area contributed by atoms with Crippen molar-refractivity contribution < 1.29 is 9.21 Å². The van der Waals surface area contributed by atoms with Crippen LogP contribution in [-0.4, -0.2) is 68.4 Å². The molecule has 0 spiro atoms. The molecule has 0 N–H and O–H groups in total. The molecular formula is C21H22BrN5O2S. The van der Waals surface area contributed by atoms with E-state index in [1.165, 1.54) is 16.4 Å². The number of furan rings is 1. The lowest BCUT2D eigenvalue weighted by molar-refractivity contribution is 0.0739. The molecule has 7 nitrogen and oxygen atoms in total. The van der Waals surface area contributed by atoms with Crippen LogP contribution < -0.4 is 0 Å². The molecule has 5 rings (SSSR count). The van der Waals surface area contributed by atoms with Crippen LogP contribution >= 0.6 is 27.7 Å². The zero-order valence-electron chi connectivity index (χ0n) is 16.6. The van der Waals surface area contributed by atoms with Gasteiger partial charge in [0.2, 0.25) is 5.82 Å². The van der Waals surface area contributed by atoms with Gasteiger partial charge in [-0.25, -0.2) is 0 Å². The molecule has 2 unspecified atom stereocenters. The van der Waals surface area contributed by atoms with Crippen LogP contribution in [0.2, 0.25) is 0 Å². The molecule has 9 heteroatoms. The minimum absolute atomic E-state index is 0.0221. The third kappa shape index (κ3) is 3.64. The Morgan fingerprint density at radius 3 is 2.60 bits per heavy atom. The number of carbonyl (C=O) groups is 1. The van der Waals surface area contributed by atoms with E-state index in [1.54, 1.807) is 18.4 Å². The van der Waals surface area contributed by atoms with Crippen LogP contribution in [0.5, 0.6) is 0 Å². The summed E-state index contributed by atoms with van der Waals surface area (Å²) in [6.07, 6.45) is 1.58. The smallest absolute Gasteiger partial charge is 0.264 e. The summed E-state index contributed by atoms with van der Waals surface area (Å²) < 4.78 is 7.86. The number of aromatic nitrogens is 3. The number of carbonyl (C=O) groups excluding carboxylic acids is 1. The first-order chi connectivity index (χ1) is 14.6. The minimum atomic E-state index is -0.278. The van der Waals surface area contributed by atoms with Crippen LogP contribution in [0.3, 0.4) is 0 Å². The number of hydrogen-bond donors (Lipinski definition) is 0. The molecule has 1 fully saturated rings. The second-order valence-corrected chi connectivity index (χ2v) is 9.47. The van der Waals surface area contributed by atoms with Crippen molar-refractivity contribution in [3.05, 3.63) is 52.7 Å². The van der Waals surface area contributed by atoms with Gasteiger partial charge in [-0.1, -0.05) is 46.7 Å². The van der Waals surface area contributed by atoms with Gasteiger partial charge in [0.15, 0.2) is 10.9 Å². The first kappa shape index (κ1) is 20.0. The standard InChI is InChI=1S/C21H22BrN5O2S/c1-2-25-9-11-26(12-10-25)17(14-5-7-15(22)8-6-14)18-20(28)27-21(30-18)23-19(24-27)16-4-3-13-29-16/h3-8,13,17-18H,2,9-12H2,1H3. The van der Waals surface area contributed by atoms with Gasteiger partial charge in [-0.05, 0) is 36.4 Å². The SMILES string of the molecule is CCN1CCN(C(c2ccc(Br)cc2)C2Sc3nc(-c4ccco4)nn3C2=O)CC1. The zero-order valence-corrected chi connectivity index (χ0v) is 19.0. The number of likely N-dealkylation sites (N-methyl/N-ethyl adjacent to an activating group) is 1. The van der Waals surface area contributed by atoms with Crippen molar-refractivity contribution in [2.75, 3.05) is 32.7 Å². The third-order valence-electron chi connectivity index (χ3n) is 5.75. The van der Waals surface area contributed by atoms with Crippen molar-refractivity contribution in [2.45, 2.75) is 23.4 Å². The van der Waals surface area contributed by atoms with Gasteiger partial charge in [0, 0.05) is 30.7 Å². The van der Waals surface area contributed by atoms with Gasteiger partial charge in [0.25, 0.3) is 5.91 Å². The van der Waals surface area contributed by atoms with Crippen LogP contribution in [0, 0.1) is 0 Å². The number of halogens is 1. The Labute approximate surface area is 187 Å². The van der Waals surface area contributed by atoms with E-state index >= 15 is 0 Å². The summed E-state index contributed by atoms with van der Waals surface area (Å²) >= 11 is 5.02. The van der Waals surface area contributed by atoms with Crippen molar-refractivity contribution in [3.63, 3.8) is 0 Å². The average Bonchev–Trinajstić information content (AvgIpc) is 3.49. The van der Waals surface area contributed by atoms with E-state index in [0.717, 1.165) is 42.8 Å². The predicted molar refractivity (Wildman–Crippen MR) is 119 cm³/mol. The van der Waals surface area contributed by atoms with E-state index in [1.807, 2.05) is 12.1 Å². The minimum Gasteiger partial charge on any atom is -0.461 e. The zero-order chi connectivity index (χ0) is 20.7. The molecule has 3 aromatic rings. The Hall–Kier alpha value is -1.94. The summed E-state index contributed by atoms with van der Waals surface area (Å²) in [7, 11) is 0. The topological polar surface area (TPSA) is 67.4 Å². The number of nitrogens with zero attached hydrogens (tertiary/aromatic N) is 5. The van der Waals surface area contributed by atoms with Crippen molar-refractivity contribution in [2.24, 2.45) is 0 Å². The van der Waals surface area contributed by atoms with E-state index in [9.17, 15) is 4.79 Å². The van der Waals surface area contributed by atoms with E-state index in [4.69, 9.17) is 4.42 Å². The molecule has 2 aliphatic rings. The second-order valence-electron chi connectivity index (χ2n) is 7.45. The van der Waals surface area contributed by atoms with Gasteiger partial charge >= 0.3 is 0 Å². The summed E-state index contributed by atoms with van der Waals surface area (Å²) in [5, 5.41) is 4.78. The molecule has 0 radical (unpaired) electrons. The number of rotatable bonds is 5. The Kier molecular flexibility index (Phi) is 5.53. The van der Waals surface area contributed by atoms with Crippen LogP contribution in [-0.2, 0) is 0 Å². The first-order valence-corrected chi connectivity index (χ1v) is 11.7. The fourth-order valence-corrected chi connectivity index (χ4v) is 5.63. The third-order valence-corrected chi connectivity index (χ3v) is 7.47. The molecule has 2 aliphatic heterocycles. The van der Waals surface area contributed by atoms with Gasteiger partial charge in [-0.15, -0.1) is 5.10 Å². The largest absolute Gasteiger partial charge is 0.461 e. The van der Waals surface area contributed by atoms with Crippen molar-refractivity contribution in [1.29, 1.82) is 0 Å².